The van der Waals surface area contributed by atoms with Crippen LogP contribution in [0.3, 0.4) is 0 Å². The van der Waals surface area contributed by atoms with Crippen molar-refractivity contribution in [2.75, 3.05) is 0 Å². The summed E-state index contributed by atoms with van der Waals surface area (Å²) in [6.07, 6.45) is 26.7. The Kier molecular flexibility index (Phi) is 30.8. The van der Waals surface area contributed by atoms with E-state index in [0.29, 0.717) is 32.1 Å². The maximum absolute atomic E-state index is 14.7. The number of Topliss-reactive ketones (excluding diaryl/α,β-unsaturated/α-hetero) is 2. The number of ketones is 2. The standard InChI is InChI=1S/C55H88F2N2O5/c1-5-7-9-11-13-15-17-19-21-23-28-32-52(62)58-47(42-45-41-46(56)34-35-49(45)57)43-48(60)36-38-55(3,4)39-37-51(61)54(64)50(40-44-30-26-25-27-31-44)59-53(63)33-29-24-22-20-18-16-14-12-10-8-6-2/h25-27,30-31,34-35,41,47,50,54,64H,5-24,28-29,32-33,36-40,42-43H2,1-4H3,(H,58,62)(H,59,63). The van der Waals surface area contributed by atoms with E-state index >= 15 is 0 Å². The number of hydrogen-bond acceptors (Lipinski definition) is 5. The minimum atomic E-state index is -1.38. The van der Waals surface area contributed by atoms with Crippen LogP contribution in [0.5, 0.6) is 0 Å². The van der Waals surface area contributed by atoms with E-state index in [4.69, 9.17) is 0 Å². The van der Waals surface area contributed by atoms with Crippen LogP contribution in [0, 0.1) is 17.0 Å². The Morgan fingerprint density at radius 2 is 1.05 bits per heavy atom. The van der Waals surface area contributed by atoms with Gasteiger partial charge in [-0.25, -0.2) is 8.78 Å². The van der Waals surface area contributed by atoms with Crippen molar-refractivity contribution in [3.8, 4) is 0 Å². The van der Waals surface area contributed by atoms with Crippen molar-refractivity contribution >= 4 is 23.4 Å². The molecule has 0 fully saturated rings. The molecule has 0 aliphatic rings. The van der Waals surface area contributed by atoms with Crippen LogP contribution < -0.4 is 10.6 Å². The Morgan fingerprint density at radius 1 is 0.578 bits per heavy atom. The van der Waals surface area contributed by atoms with E-state index in [1.54, 1.807) is 0 Å². The van der Waals surface area contributed by atoms with Crippen molar-refractivity contribution in [2.45, 2.75) is 245 Å². The van der Waals surface area contributed by atoms with Crippen LogP contribution in [0.25, 0.3) is 0 Å². The molecule has 2 rings (SSSR count). The number of amides is 2. The summed E-state index contributed by atoms with van der Waals surface area (Å²) in [6, 6.07) is 11.3. The Labute approximate surface area is 387 Å². The van der Waals surface area contributed by atoms with Crippen molar-refractivity contribution in [2.24, 2.45) is 5.41 Å². The Balaban J connectivity index is 1.86. The van der Waals surface area contributed by atoms with Gasteiger partial charge in [0.25, 0.3) is 0 Å². The minimum Gasteiger partial charge on any atom is -0.383 e. The summed E-state index contributed by atoms with van der Waals surface area (Å²) in [6.45, 7) is 8.41. The van der Waals surface area contributed by atoms with Gasteiger partial charge in [-0.05, 0) is 73.3 Å². The number of benzene rings is 2. The average Bonchev–Trinajstić information content (AvgIpc) is 3.27. The topological polar surface area (TPSA) is 113 Å². The first-order chi connectivity index (χ1) is 30.8. The molecule has 3 N–H and O–H groups in total. The van der Waals surface area contributed by atoms with Crippen molar-refractivity contribution in [3.05, 3.63) is 71.3 Å². The van der Waals surface area contributed by atoms with Crippen LogP contribution in [0.2, 0.25) is 0 Å². The maximum atomic E-state index is 14.7. The molecule has 2 aromatic rings. The molecule has 0 saturated carbocycles. The number of halogens is 2. The molecule has 0 aliphatic carbocycles. The van der Waals surface area contributed by atoms with Crippen molar-refractivity contribution in [3.63, 3.8) is 0 Å². The highest BCUT2D eigenvalue weighted by molar-refractivity contribution is 5.85. The summed E-state index contributed by atoms with van der Waals surface area (Å²) in [5, 5.41) is 17.3. The SMILES string of the molecule is CCCCCCCCCCCCCC(=O)NC(CC(=O)CCC(C)(C)CCC(=O)C(O)C(Cc1ccccc1)NC(=O)CCCCCCCCCCCCC)Cc1cc(F)ccc1F. The van der Waals surface area contributed by atoms with Crippen LogP contribution in [-0.4, -0.2) is 46.7 Å². The smallest absolute Gasteiger partial charge is 0.220 e. The highest BCUT2D eigenvalue weighted by Crippen LogP contribution is 2.30. The Bertz CT molecular complexity index is 1570. The molecule has 0 spiro atoms. The normalized spacial score (nSPS) is 13.0. The van der Waals surface area contributed by atoms with Gasteiger partial charge in [0.15, 0.2) is 5.78 Å². The van der Waals surface area contributed by atoms with Crippen LogP contribution >= 0.6 is 0 Å². The molecule has 0 saturated heterocycles. The van der Waals surface area contributed by atoms with E-state index in [1.165, 1.54) is 96.3 Å². The van der Waals surface area contributed by atoms with E-state index in [0.717, 1.165) is 68.7 Å². The van der Waals surface area contributed by atoms with E-state index in [2.05, 4.69) is 24.5 Å². The number of nitrogens with one attached hydrogen (secondary N) is 2. The van der Waals surface area contributed by atoms with Gasteiger partial charge >= 0.3 is 0 Å². The molecular weight excluding hydrogens is 807 g/mol. The maximum Gasteiger partial charge on any atom is 0.220 e. The van der Waals surface area contributed by atoms with Crippen molar-refractivity contribution in [1.82, 2.24) is 10.6 Å². The van der Waals surface area contributed by atoms with Gasteiger partial charge < -0.3 is 15.7 Å². The lowest BCUT2D eigenvalue weighted by molar-refractivity contribution is -0.131. The molecule has 0 aliphatic heterocycles. The van der Waals surface area contributed by atoms with E-state index in [-0.39, 0.29) is 54.6 Å². The second-order valence-corrected chi connectivity index (χ2v) is 19.5. The van der Waals surface area contributed by atoms with E-state index in [9.17, 15) is 33.1 Å². The van der Waals surface area contributed by atoms with E-state index in [1.807, 2.05) is 44.2 Å². The second-order valence-electron chi connectivity index (χ2n) is 19.5. The number of aliphatic hydroxyl groups excluding tert-OH is 1. The van der Waals surface area contributed by atoms with Crippen LogP contribution in [0.1, 0.15) is 225 Å². The summed E-state index contributed by atoms with van der Waals surface area (Å²) in [5.41, 5.74) is 0.596. The van der Waals surface area contributed by atoms with Gasteiger partial charge in [-0.3, -0.25) is 19.2 Å². The quantitative estimate of drug-likeness (QED) is 0.0577. The van der Waals surface area contributed by atoms with Crippen LogP contribution in [0.4, 0.5) is 8.78 Å². The molecule has 362 valence electrons. The summed E-state index contributed by atoms with van der Waals surface area (Å²) >= 11 is 0. The summed E-state index contributed by atoms with van der Waals surface area (Å²) in [4.78, 5) is 53.0. The van der Waals surface area contributed by atoms with Gasteiger partial charge in [-0.2, -0.15) is 0 Å². The van der Waals surface area contributed by atoms with Gasteiger partial charge in [-0.1, -0.05) is 186 Å². The fraction of sp³-hybridized carbons (Fsp3) is 0.709. The number of carbonyl (C=O) groups excluding carboxylic acids is 4. The van der Waals surface area contributed by atoms with Crippen LogP contribution in [0.15, 0.2) is 48.5 Å². The fourth-order valence-corrected chi connectivity index (χ4v) is 8.54. The molecule has 3 atom stereocenters. The molecule has 0 aromatic heterocycles. The molecular formula is C55H88F2N2O5. The highest BCUT2D eigenvalue weighted by atomic mass is 19.1. The number of unbranched alkanes of at least 4 members (excludes halogenated alkanes) is 20. The third kappa shape index (κ3) is 27.8. The number of aliphatic hydroxyl groups is 1. The van der Waals surface area contributed by atoms with Gasteiger partial charge in [0.2, 0.25) is 11.8 Å². The molecule has 3 unspecified atom stereocenters. The molecule has 64 heavy (non-hydrogen) atoms. The van der Waals surface area contributed by atoms with Gasteiger partial charge in [0.05, 0.1) is 6.04 Å². The third-order valence-corrected chi connectivity index (χ3v) is 12.8. The van der Waals surface area contributed by atoms with Crippen molar-refractivity contribution < 1.29 is 33.1 Å². The first-order valence-electron chi connectivity index (χ1n) is 25.6. The predicted molar refractivity (Wildman–Crippen MR) is 259 cm³/mol. The lowest BCUT2D eigenvalue weighted by Crippen LogP contribution is -2.48. The molecule has 0 radical (unpaired) electrons. The van der Waals surface area contributed by atoms with Gasteiger partial charge in [-0.15, -0.1) is 0 Å². The largest absolute Gasteiger partial charge is 0.383 e. The number of hydrogen-bond donors (Lipinski definition) is 3. The monoisotopic (exact) mass is 895 g/mol. The van der Waals surface area contributed by atoms with Crippen molar-refractivity contribution in [1.29, 1.82) is 0 Å². The lowest BCUT2D eigenvalue weighted by Gasteiger charge is -2.27. The van der Waals surface area contributed by atoms with Gasteiger partial charge in [0.1, 0.15) is 23.5 Å². The summed E-state index contributed by atoms with van der Waals surface area (Å²) in [7, 11) is 0. The third-order valence-electron chi connectivity index (χ3n) is 12.8. The zero-order chi connectivity index (χ0) is 46.8. The van der Waals surface area contributed by atoms with Gasteiger partial charge in [0, 0.05) is 38.1 Å². The Hall–Kier alpha value is -3.46. The molecule has 2 aromatic carbocycles. The average molecular weight is 895 g/mol. The number of rotatable bonds is 40. The first kappa shape index (κ1) is 56.7. The van der Waals surface area contributed by atoms with E-state index < -0.39 is 35.2 Å². The molecule has 7 nitrogen and oxygen atoms in total. The highest BCUT2D eigenvalue weighted by Gasteiger charge is 2.30. The zero-order valence-electron chi connectivity index (χ0n) is 40.6. The molecule has 2 amide bonds. The second kappa shape index (κ2) is 34.8. The lowest BCUT2D eigenvalue weighted by atomic mass is 9.80. The predicted octanol–water partition coefficient (Wildman–Crippen LogP) is 13.6. The fourth-order valence-electron chi connectivity index (χ4n) is 8.54. The summed E-state index contributed by atoms with van der Waals surface area (Å²) in [5.74, 6) is -1.98. The van der Waals surface area contributed by atoms with Crippen LogP contribution in [-0.2, 0) is 32.0 Å². The molecule has 0 bridgehead atoms. The zero-order valence-corrected chi connectivity index (χ0v) is 40.6. The minimum absolute atomic E-state index is 0.00485. The first-order valence-corrected chi connectivity index (χ1v) is 25.6. The number of carbonyl (C=O) groups is 4. The Morgan fingerprint density at radius 3 is 1.56 bits per heavy atom. The molecule has 9 heteroatoms. The molecule has 0 heterocycles. The summed E-state index contributed by atoms with van der Waals surface area (Å²) < 4.78 is 28.8.